The third kappa shape index (κ3) is 1.92. The van der Waals surface area contributed by atoms with Crippen molar-refractivity contribution in [3.05, 3.63) is 40.1 Å². The summed E-state index contributed by atoms with van der Waals surface area (Å²) < 4.78 is 0.840. The number of fused-ring (bicyclic) bond motifs is 1. The highest BCUT2D eigenvalue weighted by Gasteiger charge is 2.11. The first-order valence-electron chi connectivity index (χ1n) is 4.87. The Kier molecular flexibility index (Phi) is 2.57. The van der Waals surface area contributed by atoms with E-state index in [2.05, 4.69) is 36.1 Å². The smallest absolute Gasteiger partial charge is 0.218 e. The largest absolute Gasteiger partial charge is 0.249 e. The lowest BCUT2D eigenvalue weighted by atomic mass is 10.2. The van der Waals surface area contributed by atoms with Gasteiger partial charge < -0.3 is 0 Å². The van der Waals surface area contributed by atoms with Gasteiger partial charge in [0.25, 0.3) is 0 Å². The number of aromatic amines is 1. The summed E-state index contributed by atoms with van der Waals surface area (Å²) in [5.74, 6) is 0.479. The summed E-state index contributed by atoms with van der Waals surface area (Å²) in [5, 5.41) is 7.89. The van der Waals surface area contributed by atoms with Crippen LogP contribution >= 0.6 is 27.5 Å². The molecule has 0 saturated heterocycles. The predicted octanol–water partition coefficient (Wildman–Crippen LogP) is 3.44. The summed E-state index contributed by atoms with van der Waals surface area (Å²) in [6, 6.07) is 9.85. The Labute approximate surface area is 110 Å². The van der Waals surface area contributed by atoms with Gasteiger partial charge in [-0.15, -0.1) is 0 Å². The molecular weight excluding hydrogens is 304 g/mol. The number of halogens is 2. The van der Waals surface area contributed by atoms with Gasteiger partial charge in [0.1, 0.15) is 5.69 Å². The van der Waals surface area contributed by atoms with E-state index in [1.54, 1.807) is 0 Å². The fourth-order valence-corrected chi connectivity index (χ4v) is 2.23. The number of para-hydroxylation sites is 1. The van der Waals surface area contributed by atoms with E-state index >= 15 is 0 Å². The van der Waals surface area contributed by atoms with E-state index in [-0.39, 0.29) is 5.28 Å². The quantitative estimate of drug-likeness (QED) is 0.749. The van der Waals surface area contributed by atoms with Gasteiger partial charge in [-0.05, 0) is 39.7 Å². The molecule has 1 aromatic carbocycles. The second kappa shape index (κ2) is 4.09. The molecule has 0 atom stereocenters. The Hall–Kier alpha value is -1.46. The Morgan fingerprint density at radius 1 is 1.18 bits per heavy atom. The number of nitrogens with zero attached hydrogens (tertiary/aromatic N) is 3. The van der Waals surface area contributed by atoms with Crippen LogP contribution in [0.3, 0.4) is 0 Å². The van der Waals surface area contributed by atoms with E-state index in [1.807, 2.05) is 30.3 Å². The van der Waals surface area contributed by atoms with Crippen molar-refractivity contribution < 1.29 is 0 Å². The number of hydrogen-bond donors (Lipinski definition) is 1. The fraction of sp³-hybridized carbons (Fsp3) is 0. The van der Waals surface area contributed by atoms with E-state index in [9.17, 15) is 0 Å². The van der Waals surface area contributed by atoms with E-state index < -0.39 is 0 Å². The predicted molar refractivity (Wildman–Crippen MR) is 69.8 cm³/mol. The van der Waals surface area contributed by atoms with Crippen molar-refractivity contribution in [2.75, 3.05) is 0 Å². The number of pyridine rings is 1. The Balaban J connectivity index is 2.26. The van der Waals surface area contributed by atoms with Crippen LogP contribution in [-0.2, 0) is 0 Å². The van der Waals surface area contributed by atoms with Crippen molar-refractivity contribution in [1.29, 1.82) is 0 Å². The van der Waals surface area contributed by atoms with E-state index in [0.29, 0.717) is 11.5 Å². The normalized spacial score (nSPS) is 10.9. The van der Waals surface area contributed by atoms with Crippen molar-refractivity contribution >= 4 is 38.4 Å². The molecule has 0 radical (unpaired) electrons. The maximum Gasteiger partial charge on any atom is 0.218 e. The van der Waals surface area contributed by atoms with Gasteiger partial charge in [0.05, 0.1) is 5.52 Å². The molecule has 0 aliphatic heterocycles. The number of nitrogens with one attached hydrogen (secondary N) is 1. The van der Waals surface area contributed by atoms with Gasteiger partial charge in [0.2, 0.25) is 11.1 Å². The fourth-order valence-electron chi connectivity index (χ4n) is 1.59. The lowest BCUT2D eigenvalue weighted by molar-refractivity contribution is 1.09. The molecule has 0 aliphatic rings. The number of rotatable bonds is 1. The second-order valence-electron chi connectivity index (χ2n) is 3.46. The Morgan fingerprint density at radius 3 is 2.76 bits per heavy atom. The first-order chi connectivity index (χ1) is 8.24. The first kappa shape index (κ1) is 10.7. The van der Waals surface area contributed by atoms with Crippen LogP contribution < -0.4 is 0 Å². The van der Waals surface area contributed by atoms with Gasteiger partial charge in [-0.25, -0.2) is 10.1 Å². The molecule has 3 aromatic rings. The maximum atomic E-state index is 5.71. The number of hydrogen-bond acceptors (Lipinski definition) is 3. The average molecular weight is 310 g/mol. The van der Waals surface area contributed by atoms with Crippen LogP contribution in [0.15, 0.2) is 34.8 Å². The molecule has 0 aliphatic carbocycles. The summed E-state index contributed by atoms with van der Waals surface area (Å²) in [4.78, 5) is 8.56. The van der Waals surface area contributed by atoms with Crippen LogP contribution in [0.25, 0.3) is 22.4 Å². The van der Waals surface area contributed by atoms with Crippen LogP contribution in [0.4, 0.5) is 0 Å². The highest BCUT2D eigenvalue weighted by Crippen LogP contribution is 2.27. The summed E-state index contributed by atoms with van der Waals surface area (Å²) in [5.41, 5.74) is 1.57. The molecule has 0 amide bonds. The minimum Gasteiger partial charge on any atom is -0.249 e. The summed E-state index contributed by atoms with van der Waals surface area (Å²) in [6.07, 6.45) is 0. The summed E-state index contributed by atoms with van der Waals surface area (Å²) in [6.45, 7) is 0. The minimum atomic E-state index is 0.252. The lowest BCUT2D eigenvalue weighted by Gasteiger charge is -2.02. The van der Waals surface area contributed by atoms with E-state index in [4.69, 9.17) is 11.6 Å². The van der Waals surface area contributed by atoms with Crippen LogP contribution in [0, 0.1) is 0 Å². The molecule has 17 heavy (non-hydrogen) atoms. The number of benzene rings is 1. The molecule has 6 heteroatoms. The number of H-pyrrole nitrogens is 1. The van der Waals surface area contributed by atoms with Crippen molar-refractivity contribution in [1.82, 2.24) is 20.2 Å². The zero-order valence-electron chi connectivity index (χ0n) is 8.48. The molecular formula is C11H6BrClN4. The zero-order valence-corrected chi connectivity index (χ0v) is 10.8. The molecule has 3 rings (SSSR count). The monoisotopic (exact) mass is 308 g/mol. The molecule has 0 spiro atoms. The van der Waals surface area contributed by atoms with E-state index in [0.717, 1.165) is 15.4 Å². The van der Waals surface area contributed by atoms with Crippen molar-refractivity contribution in [3.8, 4) is 11.5 Å². The van der Waals surface area contributed by atoms with Crippen LogP contribution in [0.2, 0.25) is 5.28 Å². The topological polar surface area (TPSA) is 54.5 Å². The molecule has 0 bridgehead atoms. The summed E-state index contributed by atoms with van der Waals surface area (Å²) >= 11 is 9.17. The second-order valence-corrected chi connectivity index (χ2v) is 4.67. The zero-order chi connectivity index (χ0) is 11.8. The third-order valence-electron chi connectivity index (χ3n) is 2.35. The SMILES string of the molecule is Clc1nc(-c2nc3ccccc3cc2Br)n[nH]1. The molecule has 0 unspecified atom stereocenters. The van der Waals surface area contributed by atoms with Gasteiger partial charge >= 0.3 is 0 Å². The Morgan fingerprint density at radius 2 is 2.00 bits per heavy atom. The third-order valence-corrected chi connectivity index (χ3v) is 3.12. The molecule has 0 saturated carbocycles. The van der Waals surface area contributed by atoms with Gasteiger partial charge in [-0.2, -0.15) is 10.1 Å². The summed E-state index contributed by atoms with van der Waals surface area (Å²) in [7, 11) is 0. The van der Waals surface area contributed by atoms with Crippen molar-refractivity contribution in [3.63, 3.8) is 0 Å². The van der Waals surface area contributed by atoms with Crippen molar-refractivity contribution in [2.24, 2.45) is 0 Å². The van der Waals surface area contributed by atoms with Crippen LogP contribution in [-0.4, -0.2) is 20.2 Å². The van der Waals surface area contributed by atoms with Gasteiger partial charge in [0.15, 0.2) is 0 Å². The average Bonchev–Trinajstić information content (AvgIpc) is 2.75. The van der Waals surface area contributed by atoms with Crippen molar-refractivity contribution in [2.45, 2.75) is 0 Å². The molecule has 1 N–H and O–H groups in total. The first-order valence-corrected chi connectivity index (χ1v) is 6.05. The minimum absolute atomic E-state index is 0.252. The lowest BCUT2D eigenvalue weighted by Crippen LogP contribution is -1.89. The molecule has 2 aromatic heterocycles. The van der Waals surface area contributed by atoms with Gasteiger partial charge in [0, 0.05) is 9.86 Å². The Bertz CT molecular complexity index is 695. The molecule has 0 fully saturated rings. The van der Waals surface area contributed by atoms with Gasteiger partial charge in [-0.1, -0.05) is 18.2 Å². The van der Waals surface area contributed by atoms with E-state index in [1.165, 1.54) is 0 Å². The highest BCUT2D eigenvalue weighted by molar-refractivity contribution is 9.10. The highest BCUT2D eigenvalue weighted by atomic mass is 79.9. The molecule has 84 valence electrons. The maximum absolute atomic E-state index is 5.71. The molecule has 4 nitrogen and oxygen atoms in total. The van der Waals surface area contributed by atoms with Gasteiger partial charge in [-0.3, -0.25) is 0 Å². The molecule has 2 heterocycles. The standard InChI is InChI=1S/C11H6BrClN4/c12-7-5-6-3-1-2-4-8(6)14-9(7)10-15-11(13)17-16-10/h1-5H,(H,15,16,17). The van der Waals surface area contributed by atoms with Crippen LogP contribution in [0.1, 0.15) is 0 Å². The number of aromatic nitrogens is 4. The van der Waals surface area contributed by atoms with Crippen LogP contribution in [0.5, 0.6) is 0 Å².